The summed E-state index contributed by atoms with van der Waals surface area (Å²) in [5.41, 5.74) is 3.70. The number of aromatic nitrogens is 2. The van der Waals surface area contributed by atoms with Crippen LogP contribution < -0.4 is 9.47 Å². The minimum Gasteiger partial charge on any atom is -0.434 e. The van der Waals surface area contributed by atoms with Crippen LogP contribution in [0.5, 0.6) is 17.4 Å². The van der Waals surface area contributed by atoms with Crippen LogP contribution in [0.15, 0.2) is 48.5 Å². The van der Waals surface area contributed by atoms with Crippen LogP contribution >= 0.6 is 11.6 Å². The molecule has 5 nitrogen and oxygen atoms in total. The Kier molecular flexibility index (Phi) is 5.73. The van der Waals surface area contributed by atoms with Gasteiger partial charge in [0, 0.05) is 6.07 Å². The number of hydrogen-bond acceptors (Lipinski definition) is 5. The van der Waals surface area contributed by atoms with Crippen molar-refractivity contribution in [2.45, 2.75) is 45.4 Å². The molecule has 1 aliphatic carbocycles. The fourth-order valence-electron chi connectivity index (χ4n) is 3.28. The first kappa shape index (κ1) is 20.4. The zero-order valence-electron chi connectivity index (χ0n) is 17.2. The molecule has 0 bridgehead atoms. The van der Waals surface area contributed by atoms with E-state index < -0.39 is 5.97 Å². The monoisotopic (exact) mass is 422 g/mol. The van der Waals surface area contributed by atoms with E-state index in [9.17, 15) is 4.79 Å². The summed E-state index contributed by atoms with van der Waals surface area (Å²) < 4.78 is 11.7. The fraction of sp³-hybridized carbons (Fsp3) is 0.292. The average Bonchev–Trinajstić information content (AvgIpc) is 3.56. The number of hydrogen-bond donors (Lipinski definition) is 0. The molecule has 2 aromatic carbocycles. The number of carbonyl (C=O) groups excluding carboxylic acids is 1. The van der Waals surface area contributed by atoms with Gasteiger partial charge in [-0.05, 0) is 60.4 Å². The highest BCUT2D eigenvalue weighted by atomic mass is 35.5. The first-order valence-electron chi connectivity index (χ1n) is 10.0. The molecule has 1 saturated carbocycles. The zero-order valence-corrected chi connectivity index (χ0v) is 17.9. The average molecular weight is 423 g/mol. The van der Waals surface area contributed by atoms with Gasteiger partial charge in [0.05, 0.1) is 5.56 Å². The highest BCUT2D eigenvalue weighted by Gasteiger charge is 2.28. The van der Waals surface area contributed by atoms with Crippen molar-refractivity contribution >= 4 is 17.6 Å². The molecule has 4 rings (SSSR count). The van der Waals surface area contributed by atoms with Crippen molar-refractivity contribution in [2.24, 2.45) is 0 Å². The summed E-state index contributed by atoms with van der Waals surface area (Å²) >= 11 is 6.01. The standard InChI is InChI=1S/C24H23ClN2O3/c1-14(2)16-7-11-18(12-8-16)24(28)29-20-13-21(25)26-27-23(20)30-22-15(3)5-4-6-19(22)17-9-10-17/h4-8,11-14,17H,9-10H2,1-3H3. The molecule has 0 spiro atoms. The molecule has 1 heterocycles. The molecule has 3 aromatic rings. The molecule has 1 aliphatic rings. The molecule has 0 aliphatic heterocycles. The van der Waals surface area contributed by atoms with Gasteiger partial charge in [-0.3, -0.25) is 0 Å². The van der Waals surface area contributed by atoms with Crippen molar-refractivity contribution in [1.29, 1.82) is 0 Å². The third-order valence-electron chi connectivity index (χ3n) is 5.17. The van der Waals surface area contributed by atoms with Crippen LogP contribution in [0.1, 0.15) is 65.6 Å². The molecule has 30 heavy (non-hydrogen) atoms. The van der Waals surface area contributed by atoms with Gasteiger partial charge in [-0.15, -0.1) is 10.2 Å². The number of carbonyl (C=O) groups is 1. The van der Waals surface area contributed by atoms with Crippen molar-refractivity contribution < 1.29 is 14.3 Å². The van der Waals surface area contributed by atoms with E-state index in [-0.39, 0.29) is 16.8 Å². The first-order valence-corrected chi connectivity index (χ1v) is 10.4. The summed E-state index contributed by atoms with van der Waals surface area (Å²) in [6.07, 6.45) is 2.28. The van der Waals surface area contributed by atoms with E-state index in [1.807, 2.05) is 31.2 Å². The number of benzene rings is 2. The number of para-hydroxylation sites is 1. The van der Waals surface area contributed by atoms with Gasteiger partial charge in [-0.25, -0.2) is 4.79 Å². The highest BCUT2D eigenvalue weighted by molar-refractivity contribution is 6.29. The summed E-state index contributed by atoms with van der Waals surface area (Å²) in [5, 5.41) is 8.02. The molecule has 0 N–H and O–H groups in total. The first-order chi connectivity index (χ1) is 14.4. The van der Waals surface area contributed by atoms with Gasteiger partial charge in [0.25, 0.3) is 5.88 Å². The number of rotatable bonds is 6. The molecule has 6 heteroatoms. The minimum absolute atomic E-state index is 0.114. The molecule has 1 aromatic heterocycles. The van der Waals surface area contributed by atoms with Gasteiger partial charge < -0.3 is 9.47 Å². The van der Waals surface area contributed by atoms with Gasteiger partial charge in [0.15, 0.2) is 10.9 Å². The van der Waals surface area contributed by atoms with Gasteiger partial charge in [0.1, 0.15) is 5.75 Å². The van der Waals surface area contributed by atoms with E-state index in [0.717, 1.165) is 35.3 Å². The Morgan fingerprint density at radius 3 is 2.50 bits per heavy atom. The SMILES string of the molecule is Cc1cccc(C2CC2)c1Oc1nnc(Cl)cc1OC(=O)c1ccc(C(C)C)cc1. The molecule has 0 saturated heterocycles. The van der Waals surface area contributed by atoms with Gasteiger partial charge in [-0.2, -0.15) is 0 Å². The van der Waals surface area contributed by atoms with Crippen LogP contribution in [-0.2, 0) is 0 Å². The second-order valence-corrected chi connectivity index (χ2v) is 8.26. The second-order valence-electron chi connectivity index (χ2n) is 7.87. The number of halogens is 1. The van der Waals surface area contributed by atoms with Gasteiger partial charge >= 0.3 is 5.97 Å². The summed E-state index contributed by atoms with van der Waals surface area (Å²) in [7, 11) is 0. The third kappa shape index (κ3) is 4.46. The Balaban J connectivity index is 1.61. The normalized spacial score (nSPS) is 13.4. The van der Waals surface area contributed by atoms with Crippen molar-refractivity contribution in [1.82, 2.24) is 10.2 Å². The zero-order chi connectivity index (χ0) is 21.3. The molecule has 1 fully saturated rings. The summed E-state index contributed by atoms with van der Waals surface area (Å²) in [6, 6.07) is 14.8. The summed E-state index contributed by atoms with van der Waals surface area (Å²) in [4.78, 5) is 12.7. The van der Waals surface area contributed by atoms with E-state index in [0.29, 0.717) is 17.4 Å². The molecular formula is C24H23ClN2O3. The lowest BCUT2D eigenvalue weighted by Gasteiger charge is -2.15. The molecule has 0 amide bonds. The number of nitrogens with zero attached hydrogens (tertiary/aromatic N) is 2. The number of esters is 1. The quantitative estimate of drug-likeness (QED) is 0.427. The van der Waals surface area contributed by atoms with Crippen molar-refractivity contribution in [2.75, 3.05) is 0 Å². The van der Waals surface area contributed by atoms with Crippen LogP contribution in [0.3, 0.4) is 0 Å². The van der Waals surface area contributed by atoms with Crippen LogP contribution in [0, 0.1) is 6.92 Å². The highest BCUT2D eigenvalue weighted by Crippen LogP contribution is 2.46. The largest absolute Gasteiger partial charge is 0.434 e. The van der Waals surface area contributed by atoms with Crippen molar-refractivity contribution in [3.8, 4) is 17.4 Å². The second kappa shape index (κ2) is 8.44. The molecule has 154 valence electrons. The van der Waals surface area contributed by atoms with Crippen molar-refractivity contribution in [3.63, 3.8) is 0 Å². The van der Waals surface area contributed by atoms with E-state index in [1.165, 1.54) is 6.07 Å². The lowest BCUT2D eigenvalue weighted by Crippen LogP contribution is -2.10. The lowest BCUT2D eigenvalue weighted by molar-refractivity contribution is 0.0729. The van der Waals surface area contributed by atoms with Gasteiger partial charge in [-0.1, -0.05) is 55.8 Å². The third-order valence-corrected chi connectivity index (χ3v) is 5.36. The Bertz CT molecular complexity index is 1080. The van der Waals surface area contributed by atoms with Crippen LogP contribution in [0.25, 0.3) is 0 Å². The lowest BCUT2D eigenvalue weighted by atomic mass is 10.0. The van der Waals surface area contributed by atoms with E-state index in [2.05, 4.69) is 30.1 Å². The van der Waals surface area contributed by atoms with Gasteiger partial charge in [0.2, 0.25) is 0 Å². The Morgan fingerprint density at radius 2 is 1.83 bits per heavy atom. The predicted octanol–water partition coefficient (Wildman–Crippen LogP) is 6.45. The topological polar surface area (TPSA) is 61.3 Å². The molecule has 0 unspecified atom stereocenters. The Hall–Kier alpha value is -2.92. The van der Waals surface area contributed by atoms with Crippen LogP contribution in [0.4, 0.5) is 0 Å². The van der Waals surface area contributed by atoms with Crippen LogP contribution in [-0.4, -0.2) is 16.2 Å². The van der Waals surface area contributed by atoms with E-state index >= 15 is 0 Å². The Morgan fingerprint density at radius 1 is 1.10 bits per heavy atom. The summed E-state index contributed by atoms with van der Waals surface area (Å²) in [5.74, 6) is 1.35. The number of aryl methyl sites for hydroxylation is 1. The number of ether oxygens (including phenoxy) is 2. The maximum atomic E-state index is 12.7. The maximum Gasteiger partial charge on any atom is 0.343 e. The smallest absolute Gasteiger partial charge is 0.343 e. The molecule has 0 atom stereocenters. The van der Waals surface area contributed by atoms with E-state index in [1.54, 1.807) is 12.1 Å². The van der Waals surface area contributed by atoms with Crippen molar-refractivity contribution in [3.05, 3.63) is 75.9 Å². The summed E-state index contributed by atoms with van der Waals surface area (Å²) in [6.45, 7) is 6.18. The van der Waals surface area contributed by atoms with E-state index in [4.69, 9.17) is 21.1 Å². The molecule has 0 radical (unpaired) electrons. The molecular weight excluding hydrogens is 400 g/mol. The maximum absolute atomic E-state index is 12.7. The predicted molar refractivity (Wildman–Crippen MR) is 116 cm³/mol. The fourth-order valence-corrected chi connectivity index (χ4v) is 3.41. The Labute approximate surface area is 181 Å². The minimum atomic E-state index is -0.508. The van der Waals surface area contributed by atoms with Crippen LogP contribution in [0.2, 0.25) is 5.15 Å².